The third-order valence-corrected chi connectivity index (χ3v) is 3.97. The quantitative estimate of drug-likeness (QED) is 0.717. The fourth-order valence-corrected chi connectivity index (χ4v) is 2.82. The maximum absolute atomic E-state index is 12.6. The predicted octanol–water partition coefficient (Wildman–Crippen LogP) is 4.80. The molecular formula is C20H22O2. The van der Waals surface area contributed by atoms with Crippen LogP contribution in [0.5, 0.6) is 0 Å². The van der Waals surface area contributed by atoms with E-state index in [0.29, 0.717) is 17.5 Å². The molecule has 2 heteroatoms. The molecule has 1 unspecified atom stereocenters. The number of hydrogen-bond acceptors (Lipinski definition) is 2. The van der Waals surface area contributed by atoms with Crippen LogP contribution in [0.3, 0.4) is 0 Å². The van der Waals surface area contributed by atoms with E-state index in [-0.39, 0.29) is 17.5 Å². The van der Waals surface area contributed by atoms with Crippen molar-refractivity contribution in [2.24, 2.45) is 11.3 Å². The first-order chi connectivity index (χ1) is 10.4. The normalized spacial score (nSPS) is 12.7. The lowest BCUT2D eigenvalue weighted by molar-refractivity contribution is 0.0770. The number of rotatable bonds is 6. The third kappa shape index (κ3) is 3.70. The average Bonchev–Trinajstić information content (AvgIpc) is 2.54. The van der Waals surface area contributed by atoms with Gasteiger partial charge in [-0.1, -0.05) is 81.4 Å². The second kappa shape index (κ2) is 6.69. The Morgan fingerprint density at radius 2 is 1.32 bits per heavy atom. The summed E-state index contributed by atoms with van der Waals surface area (Å²) in [5.74, 6) is -0.0135. The molecule has 2 aromatic rings. The van der Waals surface area contributed by atoms with Crippen molar-refractivity contribution in [1.29, 1.82) is 0 Å². The molecular weight excluding hydrogens is 272 g/mol. The zero-order valence-corrected chi connectivity index (χ0v) is 13.4. The summed E-state index contributed by atoms with van der Waals surface area (Å²) in [6, 6.07) is 18.5. The molecule has 0 aliphatic heterocycles. The average molecular weight is 294 g/mol. The van der Waals surface area contributed by atoms with Crippen LogP contribution in [0.25, 0.3) is 0 Å². The van der Waals surface area contributed by atoms with E-state index in [0.717, 1.165) is 0 Å². The van der Waals surface area contributed by atoms with E-state index in [4.69, 9.17) is 0 Å². The molecule has 0 saturated carbocycles. The van der Waals surface area contributed by atoms with Gasteiger partial charge in [0.15, 0.2) is 11.6 Å². The van der Waals surface area contributed by atoms with Gasteiger partial charge < -0.3 is 0 Å². The highest BCUT2D eigenvalue weighted by Gasteiger charge is 2.32. The van der Waals surface area contributed by atoms with Crippen molar-refractivity contribution in [2.75, 3.05) is 0 Å². The summed E-state index contributed by atoms with van der Waals surface area (Å²) in [4.78, 5) is 25.1. The van der Waals surface area contributed by atoms with Gasteiger partial charge in [0, 0.05) is 22.5 Å². The number of benzene rings is 2. The lowest BCUT2D eigenvalue weighted by Crippen LogP contribution is -2.29. The standard InChI is InChI=1S/C20H22O2/c1-15(18(21)16-10-6-4-7-11-16)14-20(2,3)19(22)17-12-8-5-9-13-17/h4-13,15H,14H2,1-3H3. The van der Waals surface area contributed by atoms with Gasteiger partial charge in [-0.15, -0.1) is 0 Å². The molecule has 2 nitrogen and oxygen atoms in total. The molecule has 0 saturated heterocycles. The van der Waals surface area contributed by atoms with Crippen LogP contribution in [-0.4, -0.2) is 11.6 Å². The highest BCUT2D eigenvalue weighted by atomic mass is 16.1. The minimum atomic E-state index is -0.564. The third-order valence-electron chi connectivity index (χ3n) is 3.97. The van der Waals surface area contributed by atoms with Gasteiger partial charge in [0.1, 0.15) is 0 Å². The number of carbonyl (C=O) groups is 2. The molecule has 0 bridgehead atoms. The van der Waals surface area contributed by atoms with Crippen LogP contribution in [0, 0.1) is 11.3 Å². The minimum Gasteiger partial charge on any atom is -0.294 e. The number of Topliss-reactive ketones (excluding diaryl/α,β-unsaturated/α-hetero) is 2. The Balaban J connectivity index is 2.11. The first-order valence-electron chi connectivity index (χ1n) is 7.61. The second-order valence-electron chi connectivity index (χ2n) is 6.41. The van der Waals surface area contributed by atoms with E-state index in [1.807, 2.05) is 81.4 Å². The Kier molecular flexibility index (Phi) is 4.92. The Labute approximate surface area is 132 Å². The Morgan fingerprint density at radius 3 is 1.82 bits per heavy atom. The van der Waals surface area contributed by atoms with Crippen molar-refractivity contribution < 1.29 is 9.59 Å². The number of hydrogen-bond donors (Lipinski definition) is 0. The summed E-state index contributed by atoms with van der Waals surface area (Å²) >= 11 is 0. The smallest absolute Gasteiger partial charge is 0.168 e. The SMILES string of the molecule is CC(CC(C)(C)C(=O)c1ccccc1)C(=O)c1ccccc1. The van der Waals surface area contributed by atoms with Crippen LogP contribution in [0.1, 0.15) is 47.9 Å². The second-order valence-corrected chi connectivity index (χ2v) is 6.41. The highest BCUT2D eigenvalue weighted by Crippen LogP contribution is 2.31. The zero-order valence-electron chi connectivity index (χ0n) is 13.4. The number of ketones is 2. The van der Waals surface area contributed by atoms with E-state index in [2.05, 4.69) is 0 Å². The Morgan fingerprint density at radius 1 is 0.864 bits per heavy atom. The Bertz CT molecular complexity index is 642. The molecule has 0 aliphatic carbocycles. The molecule has 0 radical (unpaired) electrons. The lowest BCUT2D eigenvalue weighted by atomic mass is 9.76. The van der Waals surface area contributed by atoms with Crippen LogP contribution in [0.2, 0.25) is 0 Å². The van der Waals surface area contributed by atoms with Crippen molar-refractivity contribution in [3.63, 3.8) is 0 Å². The number of carbonyl (C=O) groups excluding carboxylic acids is 2. The van der Waals surface area contributed by atoms with E-state index >= 15 is 0 Å². The van der Waals surface area contributed by atoms with Gasteiger partial charge in [0.25, 0.3) is 0 Å². The first-order valence-corrected chi connectivity index (χ1v) is 7.61. The fourth-order valence-electron chi connectivity index (χ4n) is 2.82. The molecule has 0 fully saturated rings. The molecule has 0 amide bonds. The minimum absolute atomic E-state index is 0.0841. The van der Waals surface area contributed by atoms with Gasteiger partial charge in [-0.3, -0.25) is 9.59 Å². The molecule has 0 spiro atoms. The predicted molar refractivity (Wildman–Crippen MR) is 89.1 cm³/mol. The molecule has 114 valence electrons. The largest absolute Gasteiger partial charge is 0.294 e. The molecule has 2 rings (SSSR count). The van der Waals surface area contributed by atoms with Crippen LogP contribution in [0.4, 0.5) is 0 Å². The van der Waals surface area contributed by atoms with Crippen LogP contribution >= 0.6 is 0 Å². The fraction of sp³-hybridized carbons (Fsp3) is 0.300. The summed E-state index contributed by atoms with van der Waals surface area (Å²) in [7, 11) is 0. The van der Waals surface area contributed by atoms with Crippen LogP contribution in [0.15, 0.2) is 60.7 Å². The zero-order chi connectivity index (χ0) is 16.2. The van der Waals surface area contributed by atoms with Crippen molar-refractivity contribution in [3.8, 4) is 0 Å². The summed E-state index contributed by atoms with van der Waals surface area (Å²) in [5, 5.41) is 0. The molecule has 22 heavy (non-hydrogen) atoms. The summed E-state index contributed by atoms with van der Waals surface area (Å²) in [6.45, 7) is 5.73. The highest BCUT2D eigenvalue weighted by molar-refractivity contribution is 6.01. The maximum Gasteiger partial charge on any atom is 0.168 e. The lowest BCUT2D eigenvalue weighted by Gasteiger charge is -2.26. The van der Waals surface area contributed by atoms with Gasteiger partial charge in [-0.2, -0.15) is 0 Å². The van der Waals surface area contributed by atoms with Gasteiger partial charge in [-0.05, 0) is 6.42 Å². The van der Waals surface area contributed by atoms with Gasteiger partial charge >= 0.3 is 0 Å². The van der Waals surface area contributed by atoms with Crippen molar-refractivity contribution in [3.05, 3.63) is 71.8 Å². The van der Waals surface area contributed by atoms with E-state index in [9.17, 15) is 9.59 Å². The molecule has 0 aromatic heterocycles. The summed E-state index contributed by atoms with van der Waals surface area (Å²) < 4.78 is 0. The van der Waals surface area contributed by atoms with Crippen LogP contribution in [-0.2, 0) is 0 Å². The van der Waals surface area contributed by atoms with Gasteiger partial charge in [0.05, 0.1) is 0 Å². The summed E-state index contributed by atoms with van der Waals surface area (Å²) in [6.07, 6.45) is 0.536. The maximum atomic E-state index is 12.6. The summed E-state index contributed by atoms with van der Waals surface area (Å²) in [5.41, 5.74) is 0.843. The van der Waals surface area contributed by atoms with Gasteiger partial charge in [0.2, 0.25) is 0 Å². The molecule has 0 heterocycles. The van der Waals surface area contributed by atoms with E-state index in [1.165, 1.54) is 0 Å². The molecule has 1 atom stereocenters. The molecule has 0 N–H and O–H groups in total. The van der Waals surface area contributed by atoms with Crippen molar-refractivity contribution in [1.82, 2.24) is 0 Å². The topological polar surface area (TPSA) is 34.1 Å². The van der Waals surface area contributed by atoms with E-state index < -0.39 is 5.41 Å². The van der Waals surface area contributed by atoms with Crippen molar-refractivity contribution in [2.45, 2.75) is 27.2 Å². The Hall–Kier alpha value is -2.22. The van der Waals surface area contributed by atoms with Crippen molar-refractivity contribution >= 4 is 11.6 Å². The van der Waals surface area contributed by atoms with Crippen LogP contribution < -0.4 is 0 Å². The van der Waals surface area contributed by atoms with Gasteiger partial charge in [-0.25, -0.2) is 0 Å². The first kappa shape index (κ1) is 16.2. The monoisotopic (exact) mass is 294 g/mol. The molecule has 0 aliphatic rings. The molecule has 2 aromatic carbocycles. The van der Waals surface area contributed by atoms with E-state index in [1.54, 1.807) is 0 Å².